The first kappa shape index (κ1) is 16.6. The van der Waals surface area contributed by atoms with Gasteiger partial charge in [0.2, 0.25) is 0 Å². The molecule has 0 bridgehead atoms. The van der Waals surface area contributed by atoms with E-state index < -0.39 is 0 Å². The first-order valence-corrected chi connectivity index (χ1v) is 11.1. The van der Waals surface area contributed by atoms with Crippen molar-refractivity contribution in [3.63, 3.8) is 0 Å². The summed E-state index contributed by atoms with van der Waals surface area (Å²) in [4.78, 5) is 4.90. The Bertz CT molecular complexity index is 1620. The fourth-order valence-corrected chi connectivity index (χ4v) is 6.04. The predicted molar refractivity (Wildman–Crippen MR) is 124 cm³/mol. The van der Waals surface area contributed by atoms with Crippen molar-refractivity contribution < 1.29 is 4.57 Å². The molecular formula is C27H24N3+. The Morgan fingerprint density at radius 2 is 1.77 bits per heavy atom. The summed E-state index contributed by atoms with van der Waals surface area (Å²) in [5, 5.41) is 5.30. The third-order valence-electron chi connectivity index (χ3n) is 7.43. The predicted octanol–water partition coefficient (Wildman–Crippen LogP) is 6.18. The van der Waals surface area contributed by atoms with Crippen LogP contribution < -0.4 is 4.57 Å². The number of nitrogens with zero attached hydrogens (tertiary/aromatic N) is 3. The van der Waals surface area contributed by atoms with Crippen molar-refractivity contribution >= 4 is 49.1 Å². The van der Waals surface area contributed by atoms with E-state index >= 15 is 0 Å². The number of aryl methyl sites for hydroxylation is 2. The minimum absolute atomic E-state index is 0.668. The highest BCUT2D eigenvalue weighted by Crippen LogP contribution is 2.42. The molecule has 0 N–H and O–H groups in total. The molecule has 3 heteroatoms. The molecule has 3 aromatic heterocycles. The van der Waals surface area contributed by atoms with Gasteiger partial charge in [0.15, 0.2) is 5.52 Å². The van der Waals surface area contributed by atoms with Gasteiger partial charge in [-0.05, 0) is 60.0 Å². The molecule has 3 nitrogen and oxygen atoms in total. The van der Waals surface area contributed by atoms with Crippen LogP contribution in [0.1, 0.15) is 42.7 Å². The van der Waals surface area contributed by atoms with Crippen molar-refractivity contribution in [1.29, 1.82) is 0 Å². The second-order valence-electron chi connectivity index (χ2n) is 9.13. The van der Waals surface area contributed by atoms with Crippen molar-refractivity contribution in [2.75, 3.05) is 0 Å². The van der Waals surface area contributed by atoms with Gasteiger partial charge in [0, 0.05) is 16.2 Å². The summed E-state index contributed by atoms with van der Waals surface area (Å²) in [6.45, 7) is 2.24. The average Bonchev–Trinajstić information content (AvgIpc) is 3.41. The lowest BCUT2D eigenvalue weighted by Crippen LogP contribution is -2.30. The van der Waals surface area contributed by atoms with Crippen molar-refractivity contribution in [2.45, 2.75) is 38.5 Å². The molecular weight excluding hydrogens is 366 g/mol. The molecule has 0 saturated heterocycles. The minimum Gasteiger partial charge on any atom is -0.308 e. The summed E-state index contributed by atoms with van der Waals surface area (Å²) in [6, 6.07) is 18.3. The maximum absolute atomic E-state index is 4.90. The normalized spacial score (nSPS) is 15.7. The third-order valence-corrected chi connectivity index (χ3v) is 7.43. The Kier molecular flexibility index (Phi) is 3.15. The number of benzene rings is 3. The fourth-order valence-electron chi connectivity index (χ4n) is 6.04. The van der Waals surface area contributed by atoms with Crippen LogP contribution in [0.3, 0.4) is 0 Å². The lowest BCUT2D eigenvalue weighted by atomic mass is 9.94. The summed E-state index contributed by atoms with van der Waals surface area (Å²) < 4.78 is 4.73. The van der Waals surface area contributed by atoms with E-state index in [4.69, 9.17) is 4.98 Å². The van der Waals surface area contributed by atoms with Crippen LogP contribution in [-0.4, -0.2) is 9.38 Å². The van der Waals surface area contributed by atoms with E-state index in [0.717, 1.165) is 5.52 Å². The molecule has 1 aliphatic carbocycles. The molecule has 0 unspecified atom stereocenters. The lowest BCUT2D eigenvalue weighted by molar-refractivity contribution is -0.646. The lowest BCUT2D eigenvalue weighted by Gasteiger charge is -2.16. The van der Waals surface area contributed by atoms with Crippen LogP contribution in [0.4, 0.5) is 0 Å². The van der Waals surface area contributed by atoms with Crippen LogP contribution in [0.5, 0.6) is 0 Å². The number of fused-ring (bicyclic) bond motifs is 5. The number of aromatic nitrogens is 3. The van der Waals surface area contributed by atoms with E-state index in [1.165, 1.54) is 80.4 Å². The molecule has 3 heterocycles. The standard InChI is InChI=1S/C27H24N3/c1-16-11-12-20-19-9-5-6-10-22(19)30-23-14-18(17-7-3-4-8-17)13-21-25(23)27(24(16)26(20)30)29(2)15-28-21/h5-6,9-15,17H,3-4,7-8H2,1-2H3/q+1. The van der Waals surface area contributed by atoms with Crippen LogP contribution in [0.2, 0.25) is 0 Å². The Morgan fingerprint density at radius 1 is 0.933 bits per heavy atom. The van der Waals surface area contributed by atoms with Gasteiger partial charge < -0.3 is 4.40 Å². The maximum Gasteiger partial charge on any atom is 0.287 e. The zero-order chi connectivity index (χ0) is 20.0. The maximum atomic E-state index is 4.90. The summed E-state index contributed by atoms with van der Waals surface area (Å²) in [6.07, 6.45) is 7.29. The van der Waals surface area contributed by atoms with Crippen molar-refractivity contribution in [3.05, 3.63) is 66.0 Å². The van der Waals surface area contributed by atoms with Gasteiger partial charge in [-0.25, -0.2) is 4.57 Å². The highest BCUT2D eigenvalue weighted by atomic mass is 15.0. The van der Waals surface area contributed by atoms with E-state index in [2.05, 4.69) is 71.5 Å². The van der Waals surface area contributed by atoms with Gasteiger partial charge in [-0.15, -0.1) is 0 Å². The van der Waals surface area contributed by atoms with E-state index in [-0.39, 0.29) is 0 Å². The zero-order valence-corrected chi connectivity index (χ0v) is 17.4. The van der Waals surface area contributed by atoms with Crippen LogP contribution in [0, 0.1) is 6.92 Å². The van der Waals surface area contributed by atoms with Crippen molar-refractivity contribution in [1.82, 2.24) is 9.38 Å². The van der Waals surface area contributed by atoms with E-state index in [1.807, 2.05) is 6.33 Å². The number of hydrogen-bond donors (Lipinski definition) is 0. The van der Waals surface area contributed by atoms with Crippen molar-refractivity contribution in [2.24, 2.45) is 7.05 Å². The zero-order valence-electron chi connectivity index (χ0n) is 17.4. The molecule has 30 heavy (non-hydrogen) atoms. The molecule has 0 atom stereocenters. The van der Waals surface area contributed by atoms with Gasteiger partial charge >= 0.3 is 0 Å². The average molecular weight is 391 g/mol. The second-order valence-corrected chi connectivity index (χ2v) is 9.13. The first-order valence-electron chi connectivity index (χ1n) is 11.1. The summed E-state index contributed by atoms with van der Waals surface area (Å²) >= 11 is 0. The summed E-state index contributed by atoms with van der Waals surface area (Å²) in [5.74, 6) is 0.668. The molecule has 0 amide bonds. The van der Waals surface area contributed by atoms with Gasteiger partial charge in [0.05, 0.1) is 29.0 Å². The van der Waals surface area contributed by atoms with Gasteiger partial charge in [0.25, 0.3) is 6.33 Å². The molecule has 1 fully saturated rings. The quantitative estimate of drug-likeness (QED) is 0.187. The Labute approximate surface area is 174 Å². The summed E-state index contributed by atoms with van der Waals surface area (Å²) in [7, 11) is 2.13. The molecule has 146 valence electrons. The van der Waals surface area contributed by atoms with E-state index in [0.29, 0.717) is 5.92 Å². The van der Waals surface area contributed by atoms with Gasteiger partial charge in [-0.3, -0.25) is 0 Å². The number of rotatable bonds is 1. The second kappa shape index (κ2) is 5.69. The molecule has 0 radical (unpaired) electrons. The third kappa shape index (κ3) is 1.95. The van der Waals surface area contributed by atoms with Gasteiger partial charge in [0.1, 0.15) is 5.52 Å². The molecule has 1 aliphatic rings. The number of pyridine rings is 1. The van der Waals surface area contributed by atoms with E-state index in [9.17, 15) is 0 Å². The number of hydrogen-bond acceptors (Lipinski definition) is 1. The van der Waals surface area contributed by atoms with Gasteiger partial charge in [-0.1, -0.05) is 43.2 Å². The largest absolute Gasteiger partial charge is 0.308 e. The van der Waals surface area contributed by atoms with Crippen LogP contribution in [0.25, 0.3) is 49.1 Å². The van der Waals surface area contributed by atoms with E-state index in [1.54, 1.807) is 0 Å². The Hall–Kier alpha value is -3.20. The molecule has 1 saturated carbocycles. The van der Waals surface area contributed by atoms with Crippen LogP contribution >= 0.6 is 0 Å². The smallest absolute Gasteiger partial charge is 0.287 e. The molecule has 0 spiro atoms. The molecule has 7 rings (SSSR count). The van der Waals surface area contributed by atoms with Crippen LogP contribution in [0.15, 0.2) is 54.9 Å². The molecule has 6 aromatic rings. The topological polar surface area (TPSA) is 21.2 Å². The molecule has 3 aromatic carbocycles. The fraction of sp³-hybridized carbons (Fsp3) is 0.259. The monoisotopic (exact) mass is 390 g/mol. The SMILES string of the molecule is Cc1ccc2c3ccccc3n3c4cc(C5CCCC5)cc5nc[n+](C)c(c1c23)c54. The molecule has 0 aliphatic heterocycles. The first-order chi connectivity index (χ1) is 14.7. The highest BCUT2D eigenvalue weighted by molar-refractivity contribution is 6.25. The Morgan fingerprint density at radius 3 is 2.63 bits per heavy atom. The van der Waals surface area contributed by atoms with Gasteiger partial charge in [-0.2, -0.15) is 0 Å². The Balaban J connectivity index is 1.83. The van der Waals surface area contributed by atoms with Crippen LogP contribution in [-0.2, 0) is 7.05 Å². The number of para-hydroxylation sites is 1. The minimum atomic E-state index is 0.668. The highest BCUT2D eigenvalue weighted by Gasteiger charge is 2.26. The van der Waals surface area contributed by atoms with Crippen molar-refractivity contribution in [3.8, 4) is 0 Å². The summed E-state index contributed by atoms with van der Waals surface area (Å²) in [5.41, 5.74) is 9.15.